The first kappa shape index (κ1) is 22.7. The van der Waals surface area contributed by atoms with Crippen molar-refractivity contribution < 1.29 is 34.1 Å². The summed E-state index contributed by atoms with van der Waals surface area (Å²) in [5.41, 5.74) is -0.700. The molecule has 11 nitrogen and oxygen atoms in total. The maximum Gasteiger partial charge on any atom is 0.508 e. The van der Waals surface area contributed by atoms with Crippen molar-refractivity contribution in [3.63, 3.8) is 0 Å². The number of nitrogens with zero attached hydrogens (tertiary/aromatic N) is 2. The van der Waals surface area contributed by atoms with E-state index in [-0.39, 0.29) is 18.9 Å². The van der Waals surface area contributed by atoms with Crippen LogP contribution in [0.25, 0.3) is 0 Å². The smallest absolute Gasteiger partial charge is 0.434 e. The summed E-state index contributed by atoms with van der Waals surface area (Å²) < 4.78 is 10.1. The monoisotopic (exact) mass is 366 g/mol. The molecular formula is C14H26N2O9. The molecule has 0 aromatic carbocycles. The Morgan fingerprint density at radius 1 is 1.04 bits per heavy atom. The third kappa shape index (κ3) is 8.91. The van der Waals surface area contributed by atoms with Crippen LogP contribution in [0.3, 0.4) is 0 Å². The van der Waals surface area contributed by atoms with Gasteiger partial charge in [0, 0.05) is 0 Å². The molecule has 0 aliphatic carbocycles. The Morgan fingerprint density at radius 3 is 2.00 bits per heavy atom. The highest BCUT2D eigenvalue weighted by Gasteiger charge is 2.31. The van der Waals surface area contributed by atoms with Crippen molar-refractivity contribution in [2.45, 2.75) is 65.8 Å². The van der Waals surface area contributed by atoms with Gasteiger partial charge in [0.15, 0.2) is 0 Å². The molecule has 3 atom stereocenters. The summed E-state index contributed by atoms with van der Waals surface area (Å²) in [4.78, 5) is 41.4. The van der Waals surface area contributed by atoms with E-state index in [2.05, 4.69) is 9.68 Å². The van der Waals surface area contributed by atoms with E-state index in [0.29, 0.717) is 0 Å². The van der Waals surface area contributed by atoms with E-state index in [4.69, 9.17) is 9.47 Å². The third-order valence-electron chi connectivity index (χ3n) is 4.01. The molecule has 0 bridgehead atoms. The normalized spacial score (nSPS) is 15.0. The predicted octanol–water partition coefficient (Wildman–Crippen LogP) is 2.77. The first-order valence-corrected chi connectivity index (χ1v) is 7.85. The molecular weight excluding hydrogens is 340 g/mol. The number of carbonyl (C=O) groups is 1. The first-order valence-electron chi connectivity index (χ1n) is 7.85. The van der Waals surface area contributed by atoms with Crippen molar-refractivity contribution in [1.82, 2.24) is 0 Å². The molecule has 11 heteroatoms. The molecule has 0 N–H and O–H groups in total. The molecule has 0 spiro atoms. The average molecular weight is 366 g/mol. The Balaban J connectivity index is 4.55. The summed E-state index contributed by atoms with van der Waals surface area (Å²) >= 11 is 0. The lowest BCUT2D eigenvalue weighted by atomic mass is 9.95. The predicted molar refractivity (Wildman–Crippen MR) is 84.5 cm³/mol. The van der Waals surface area contributed by atoms with Gasteiger partial charge in [-0.3, -0.25) is 0 Å². The van der Waals surface area contributed by atoms with Gasteiger partial charge in [0.2, 0.25) is 0 Å². The van der Waals surface area contributed by atoms with Gasteiger partial charge in [0.25, 0.3) is 10.2 Å². The number of rotatable bonds is 11. The molecule has 0 heterocycles. The van der Waals surface area contributed by atoms with Gasteiger partial charge in [-0.1, -0.05) is 20.8 Å². The zero-order valence-electron chi connectivity index (χ0n) is 15.3. The first-order chi connectivity index (χ1) is 11.4. The van der Waals surface area contributed by atoms with Crippen LogP contribution in [-0.4, -0.2) is 40.7 Å². The standard InChI is InChI=1S/C14H26N2O9/c1-9(2)14(5,6)23-13(17)22-8-7-10(3)12(25-16(20)21)11(4)24-15(18)19/h9-12H,7-8H2,1-6H3/t10?,11-,12-/m1/s1. The van der Waals surface area contributed by atoms with Gasteiger partial charge in [-0.2, -0.15) is 0 Å². The van der Waals surface area contributed by atoms with Crippen molar-refractivity contribution in [2.24, 2.45) is 11.8 Å². The molecule has 25 heavy (non-hydrogen) atoms. The van der Waals surface area contributed by atoms with Gasteiger partial charge in [0.1, 0.15) is 17.8 Å². The van der Waals surface area contributed by atoms with Gasteiger partial charge in [-0.15, -0.1) is 20.2 Å². The highest BCUT2D eigenvalue weighted by Crippen LogP contribution is 2.22. The minimum atomic E-state index is -1.19. The quantitative estimate of drug-likeness (QED) is 0.306. The van der Waals surface area contributed by atoms with Crippen LogP contribution in [0, 0.1) is 32.1 Å². The average Bonchev–Trinajstić information content (AvgIpc) is 2.42. The Bertz CT molecular complexity index is 467. The zero-order chi connectivity index (χ0) is 19.8. The summed E-state index contributed by atoms with van der Waals surface area (Å²) in [6.45, 7) is 10.1. The van der Waals surface area contributed by atoms with Crippen LogP contribution in [0.2, 0.25) is 0 Å². The van der Waals surface area contributed by atoms with Crippen molar-refractivity contribution >= 4 is 6.16 Å². The van der Waals surface area contributed by atoms with Gasteiger partial charge in [-0.05, 0) is 39.0 Å². The van der Waals surface area contributed by atoms with E-state index in [1.165, 1.54) is 6.92 Å². The molecule has 146 valence electrons. The lowest BCUT2D eigenvalue weighted by molar-refractivity contribution is -0.799. The molecule has 0 aromatic heterocycles. The molecule has 0 fully saturated rings. The Kier molecular flexibility index (Phi) is 8.93. The van der Waals surface area contributed by atoms with E-state index in [1.54, 1.807) is 20.8 Å². The summed E-state index contributed by atoms with van der Waals surface area (Å²) in [5, 5.41) is 18.9. The summed E-state index contributed by atoms with van der Waals surface area (Å²) in [7, 11) is 0. The second-order valence-electron chi connectivity index (χ2n) is 6.55. The fourth-order valence-electron chi connectivity index (χ4n) is 1.80. The van der Waals surface area contributed by atoms with E-state index < -0.39 is 40.1 Å². The topological polar surface area (TPSA) is 140 Å². The fourth-order valence-corrected chi connectivity index (χ4v) is 1.80. The molecule has 0 radical (unpaired) electrons. The largest absolute Gasteiger partial charge is 0.508 e. The molecule has 0 aliphatic rings. The second kappa shape index (κ2) is 9.84. The van der Waals surface area contributed by atoms with Crippen LogP contribution in [-0.2, 0) is 19.1 Å². The fraction of sp³-hybridized carbons (Fsp3) is 0.929. The molecule has 1 unspecified atom stereocenters. The lowest BCUT2D eigenvalue weighted by Crippen LogP contribution is -2.38. The highest BCUT2D eigenvalue weighted by molar-refractivity contribution is 5.60. The number of carbonyl (C=O) groups excluding carboxylic acids is 1. The van der Waals surface area contributed by atoms with Crippen molar-refractivity contribution in [3.05, 3.63) is 20.2 Å². The van der Waals surface area contributed by atoms with E-state index >= 15 is 0 Å². The van der Waals surface area contributed by atoms with Crippen molar-refractivity contribution in [3.8, 4) is 0 Å². The third-order valence-corrected chi connectivity index (χ3v) is 4.01. The lowest BCUT2D eigenvalue weighted by Gasteiger charge is -2.29. The van der Waals surface area contributed by atoms with Crippen LogP contribution in [0.15, 0.2) is 0 Å². The van der Waals surface area contributed by atoms with Crippen LogP contribution >= 0.6 is 0 Å². The Morgan fingerprint density at radius 2 is 1.56 bits per heavy atom. The second-order valence-corrected chi connectivity index (χ2v) is 6.55. The summed E-state index contributed by atoms with van der Waals surface area (Å²) in [6.07, 6.45) is -3.04. The van der Waals surface area contributed by atoms with Crippen LogP contribution < -0.4 is 0 Å². The maximum atomic E-state index is 11.7. The minimum absolute atomic E-state index is 0.0805. The van der Waals surface area contributed by atoms with Crippen molar-refractivity contribution in [2.75, 3.05) is 6.61 Å². The Hall–Kier alpha value is -2.33. The Labute approximate surface area is 145 Å². The van der Waals surface area contributed by atoms with Crippen LogP contribution in [0.1, 0.15) is 48.0 Å². The highest BCUT2D eigenvalue weighted by atomic mass is 17.0. The number of hydrogen-bond donors (Lipinski definition) is 0. The number of ether oxygens (including phenoxy) is 2. The van der Waals surface area contributed by atoms with Gasteiger partial charge in [0.05, 0.1) is 6.61 Å². The molecule has 0 amide bonds. The van der Waals surface area contributed by atoms with E-state index in [9.17, 15) is 25.0 Å². The van der Waals surface area contributed by atoms with Gasteiger partial charge >= 0.3 is 6.16 Å². The SMILES string of the molecule is CC(CCOC(=O)OC(C)(C)C(C)C)[C@@H](O[N+](=O)[O-])[C@@H](C)O[N+](=O)[O-]. The summed E-state index contributed by atoms with van der Waals surface area (Å²) in [5.74, 6) is -0.469. The molecule has 0 saturated carbocycles. The molecule has 0 aliphatic heterocycles. The van der Waals surface area contributed by atoms with Gasteiger partial charge in [-0.25, -0.2) is 4.79 Å². The minimum Gasteiger partial charge on any atom is -0.434 e. The van der Waals surface area contributed by atoms with Crippen molar-refractivity contribution in [1.29, 1.82) is 0 Å². The van der Waals surface area contributed by atoms with Crippen LogP contribution in [0.4, 0.5) is 4.79 Å². The maximum absolute atomic E-state index is 11.7. The van der Waals surface area contributed by atoms with E-state index in [0.717, 1.165) is 0 Å². The molecule has 0 aromatic rings. The van der Waals surface area contributed by atoms with Crippen LogP contribution in [0.5, 0.6) is 0 Å². The summed E-state index contributed by atoms with van der Waals surface area (Å²) in [6, 6.07) is 0. The zero-order valence-corrected chi connectivity index (χ0v) is 15.3. The number of hydrogen-bond acceptors (Lipinski definition) is 9. The molecule has 0 saturated heterocycles. The molecule has 0 rings (SSSR count). The van der Waals surface area contributed by atoms with E-state index in [1.807, 2.05) is 13.8 Å². The van der Waals surface area contributed by atoms with Gasteiger partial charge < -0.3 is 19.1 Å².